The summed E-state index contributed by atoms with van der Waals surface area (Å²) >= 11 is 1.39. The second-order valence-corrected chi connectivity index (χ2v) is 7.71. The van der Waals surface area contributed by atoms with E-state index >= 15 is 0 Å². The maximum absolute atomic E-state index is 11.6. The Hall–Kier alpha value is -1.42. The Morgan fingerprint density at radius 2 is 1.88 bits per heavy atom. The largest absolute Gasteiger partial charge is 0.369 e. The van der Waals surface area contributed by atoms with Gasteiger partial charge < -0.3 is 4.90 Å². The minimum absolute atomic E-state index is 0.0113. The number of piperidine rings is 1. The third-order valence-corrected chi connectivity index (χ3v) is 5.35. The van der Waals surface area contributed by atoms with E-state index in [0.29, 0.717) is 12.0 Å². The Kier molecular flexibility index (Phi) is 9.12. The summed E-state index contributed by atoms with van der Waals surface area (Å²) in [5.41, 5.74) is 2.57. The molecule has 0 saturated carbocycles. The minimum Gasteiger partial charge on any atom is -0.369 e. The molecule has 2 unspecified atom stereocenters. The summed E-state index contributed by atoms with van der Waals surface area (Å²) in [7, 11) is 0. The number of benzene rings is 1. The lowest BCUT2D eigenvalue weighted by Gasteiger charge is -2.39. The average molecular weight is 363 g/mol. The first-order valence-corrected chi connectivity index (χ1v) is 10.2. The molecular weight excluding hydrogens is 328 g/mol. The summed E-state index contributed by atoms with van der Waals surface area (Å²) in [6.07, 6.45) is 2.36. The van der Waals surface area contributed by atoms with Crippen LogP contribution >= 0.6 is 11.9 Å². The highest BCUT2D eigenvalue weighted by Gasteiger charge is 2.25. The van der Waals surface area contributed by atoms with Crippen LogP contribution in [0.5, 0.6) is 0 Å². The standard InChI is InChI=1S/C19H28N2OS.C2H6/c1-13(2)16-10-11-21(15(5)12-16)17-6-8-18(9-7-17)23-20-19(22)14(3)4;1-2/h6-9,14-16H,1,10-12H2,2-5H3,(H,20,22);1-2H3. The van der Waals surface area contributed by atoms with Crippen molar-refractivity contribution < 1.29 is 4.79 Å². The molecule has 1 aromatic carbocycles. The number of carbonyl (C=O) groups is 1. The number of hydrogen-bond acceptors (Lipinski definition) is 3. The van der Waals surface area contributed by atoms with Crippen LogP contribution in [0.4, 0.5) is 5.69 Å². The molecule has 1 heterocycles. The van der Waals surface area contributed by atoms with Crippen molar-refractivity contribution in [2.75, 3.05) is 11.4 Å². The van der Waals surface area contributed by atoms with E-state index in [4.69, 9.17) is 0 Å². The number of anilines is 1. The lowest BCUT2D eigenvalue weighted by molar-refractivity contribution is -0.122. The van der Waals surface area contributed by atoms with E-state index in [0.717, 1.165) is 11.4 Å². The van der Waals surface area contributed by atoms with Crippen LogP contribution in [0, 0.1) is 11.8 Å². The van der Waals surface area contributed by atoms with Gasteiger partial charge in [0.25, 0.3) is 0 Å². The Morgan fingerprint density at radius 3 is 2.36 bits per heavy atom. The van der Waals surface area contributed by atoms with E-state index in [2.05, 4.69) is 54.3 Å². The normalized spacial score (nSPS) is 19.9. The molecule has 0 spiro atoms. The molecule has 1 saturated heterocycles. The van der Waals surface area contributed by atoms with Gasteiger partial charge in [0.15, 0.2) is 0 Å². The molecule has 1 aliphatic heterocycles. The van der Waals surface area contributed by atoms with E-state index in [1.807, 2.05) is 27.7 Å². The Balaban J connectivity index is 0.00000151. The lowest BCUT2D eigenvalue weighted by atomic mass is 9.86. The zero-order valence-electron chi connectivity index (χ0n) is 16.6. The molecule has 1 aromatic rings. The van der Waals surface area contributed by atoms with Crippen molar-refractivity contribution in [3.8, 4) is 0 Å². The van der Waals surface area contributed by atoms with Gasteiger partial charge >= 0.3 is 0 Å². The lowest BCUT2D eigenvalue weighted by Crippen LogP contribution is -2.41. The molecular formula is C21H34N2OS. The molecule has 2 atom stereocenters. The van der Waals surface area contributed by atoms with Gasteiger partial charge in [-0.3, -0.25) is 9.52 Å². The molecule has 1 fully saturated rings. The van der Waals surface area contributed by atoms with Crippen molar-refractivity contribution in [1.82, 2.24) is 4.72 Å². The molecule has 0 radical (unpaired) electrons. The van der Waals surface area contributed by atoms with Crippen molar-refractivity contribution in [2.24, 2.45) is 11.8 Å². The second-order valence-electron chi connectivity index (χ2n) is 6.83. The van der Waals surface area contributed by atoms with Crippen LogP contribution in [0.25, 0.3) is 0 Å². The van der Waals surface area contributed by atoms with Gasteiger partial charge in [-0.1, -0.05) is 39.8 Å². The van der Waals surface area contributed by atoms with Gasteiger partial charge in [-0.25, -0.2) is 0 Å². The van der Waals surface area contributed by atoms with Crippen LogP contribution < -0.4 is 9.62 Å². The Morgan fingerprint density at radius 1 is 1.28 bits per heavy atom. The van der Waals surface area contributed by atoms with E-state index in [1.54, 1.807) is 0 Å². The van der Waals surface area contributed by atoms with Crippen molar-refractivity contribution in [1.29, 1.82) is 0 Å². The molecule has 2 rings (SSSR count). The fourth-order valence-corrected chi connectivity index (χ4v) is 3.66. The fraction of sp³-hybridized carbons (Fsp3) is 0.571. The predicted molar refractivity (Wildman–Crippen MR) is 111 cm³/mol. The third kappa shape index (κ3) is 6.43. The summed E-state index contributed by atoms with van der Waals surface area (Å²) in [5, 5.41) is 0. The van der Waals surface area contributed by atoms with Crippen LogP contribution in [0.15, 0.2) is 41.3 Å². The minimum atomic E-state index is 0.0113. The maximum atomic E-state index is 11.6. The zero-order chi connectivity index (χ0) is 19.0. The second kappa shape index (κ2) is 10.5. The van der Waals surface area contributed by atoms with Crippen LogP contribution in [0.3, 0.4) is 0 Å². The van der Waals surface area contributed by atoms with Gasteiger partial charge in [-0.05, 0) is 68.8 Å². The van der Waals surface area contributed by atoms with Crippen LogP contribution in [-0.2, 0) is 4.79 Å². The third-order valence-electron chi connectivity index (χ3n) is 4.54. The van der Waals surface area contributed by atoms with Gasteiger partial charge in [-0.2, -0.15) is 0 Å². The van der Waals surface area contributed by atoms with Gasteiger partial charge in [0.2, 0.25) is 5.91 Å². The van der Waals surface area contributed by atoms with Crippen molar-refractivity contribution >= 4 is 23.5 Å². The number of amides is 1. The summed E-state index contributed by atoms with van der Waals surface area (Å²) in [4.78, 5) is 15.1. The van der Waals surface area contributed by atoms with E-state index in [-0.39, 0.29) is 11.8 Å². The van der Waals surface area contributed by atoms with E-state index in [1.165, 1.54) is 36.1 Å². The summed E-state index contributed by atoms with van der Waals surface area (Å²) in [6, 6.07) is 9.00. The summed E-state index contributed by atoms with van der Waals surface area (Å²) < 4.78 is 2.88. The van der Waals surface area contributed by atoms with E-state index < -0.39 is 0 Å². The molecule has 4 heteroatoms. The quantitative estimate of drug-likeness (QED) is 0.541. The summed E-state index contributed by atoms with van der Waals surface area (Å²) in [5.74, 6) is 0.731. The smallest absolute Gasteiger partial charge is 0.232 e. The number of rotatable bonds is 5. The van der Waals surface area contributed by atoms with Crippen LogP contribution in [0.2, 0.25) is 0 Å². The van der Waals surface area contributed by atoms with Crippen LogP contribution in [-0.4, -0.2) is 18.5 Å². The van der Waals surface area contributed by atoms with Crippen LogP contribution in [0.1, 0.15) is 54.4 Å². The molecule has 0 bridgehead atoms. The molecule has 1 aliphatic rings. The Bertz CT molecular complexity index is 554. The van der Waals surface area contributed by atoms with Crippen molar-refractivity contribution in [3.05, 3.63) is 36.4 Å². The van der Waals surface area contributed by atoms with E-state index in [9.17, 15) is 4.79 Å². The van der Waals surface area contributed by atoms with Gasteiger partial charge in [-0.15, -0.1) is 0 Å². The highest BCUT2D eigenvalue weighted by molar-refractivity contribution is 7.98. The monoisotopic (exact) mass is 362 g/mol. The molecule has 0 aromatic heterocycles. The number of nitrogens with one attached hydrogen (secondary N) is 1. The average Bonchev–Trinajstić information content (AvgIpc) is 2.61. The SMILES string of the molecule is C=C(C)C1CCN(c2ccc(SNC(=O)C(C)C)cc2)C(C)C1.CC. The maximum Gasteiger partial charge on any atom is 0.232 e. The molecule has 140 valence electrons. The highest BCUT2D eigenvalue weighted by atomic mass is 32.2. The molecule has 0 aliphatic carbocycles. The van der Waals surface area contributed by atoms with Gasteiger partial charge in [0, 0.05) is 29.1 Å². The zero-order valence-corrected chi connectivity index (χ0v) is 17.5. The fourth-order valence-electron chi connectivity index (χ4n) is 2.94. The molecule has 1 amide bonds. The number of nitrogens with zero attached hydrogens (tertiary/aromatic N) is 1. The van der Waals surface area contributed by atoms with Gasteiger partial charge in [0.1, 0.15) is 0 Å². The predicted octanol–water partition coefficient (Wildman–Crippen LogP) is 5.67. The molecule has 3 nitrogen and oxygen atoms in total. The first-order chi connectivity index (χ1) is 11.9. The van der Waals surface area contributed by atoms with Crippen molar-refractivity contribution in [2.45, 2.75) is 65.3 Å². The Labute approximate surface area is 158 Å². The number of allylic oxidation sites excluding steroid dienone is 1. The highest BCUT2D eigenvalue weighted by Crippen LogP contribution is 2.31. The number of hydrogen-bond donors (Lipinski definition) is 1. The topological polar surface area (TPSA) is 32.3 Å². The number of carbonyl (C=O) groups excluding carboxylic acids is 1. The van der Waals surface area contributed by atoms with Crippen molar-refractivity contribution in [3.63, 3.8) is 0 Å². The molecule has 25 heavy (non-hydrogen) atoms. The van der Waals surface area contributed by atoms with Gasteiger partial charge in [0.05, 0.1) is 0 Å². The summed E-state index contributed by atoms with van der Waals surface area (Å²) in [6.45, 7) is 17.4. The first-order valence-electron chi connectivity index (χ1n) is 9.37. The molecule has 1 N–H and O–H groups in total. The first kappa shape index (κ1) is 21.6.